The van der Waals surface area contributed by atoms with E-state index in [-0.39, 0.29) is 18.6 Å². The Labute approximate surface area is 131 Å². The van der Waals surface area contributed by atoms with Crippen LogP contribution in [0.25, 0.3) is 0 Å². The summed E-state index contributed by atoms with van der Waals surface area (Å²) in [5.41, 5.74) is 6.87. The monoisotopic (exact) mass is 310 g/mol. The molecule has 1 aliphatic rings. The van der Waals surface area contributed by atoms with Gasteiger partial charge in [0.1, 0.15) is 5.75 Å². The van der Waals surface area contributed by atoms with Crippen molar-refractivity contribution in [2.24, 2.45) is 11.7 Å². The van der Waals surface area contributed by atoms with Crippen LogP contribution in [0, 0.1) is 5.92 Å². The number of benzene rings is 1. The molecule has 0 aliphatic heterocycles. The Kier molecular flexibility index (Phi) is 5.88. The molecule has 0 spiro atoms. The lowest BCUT2D eigenvalue weighted by molar-refractivity contribution is -0.123. The van der Waals surface area contributed by atoms with E-state index in [1.807, 2.05) is 25.1 Å². The van der Waals surface area contributed by atoms with Gasteiger partial charge in [-0.25, -0.2) is 0 Å². The summed E-state index contributed by atoms with van der Waals surface area (Å²) < 4.78 is 5.63. The maximum Gasteiger partial charge on any atom is 0.257 e. The SMILES string of the molecule is CCC(N)Cc1c(Cl)cccc1OCC(=O)NCC1CC1. The summed E-state index contributed by atoms with van der Waals surface area (Å²) in [5.74, 6) is 1.22. The number of nitrogens with two attached hydrogens (primary N) is 1. The number of nitrogens with one attached hydrogen (secondary N) is 1. The Balaban J connectivity index is 1.91. The van der Waals surface area contributed by atoms with Crippen LogP contribution in [0.2, 0.25) is 5.02 Å². The van der Waals surface area contributed by atoms with Crippen LogP contribution in [0.15, 0.2) is 18.2 Å². The number of carbonyl (C=O) groups is 1. The zero-order valence-corrected chi connectivity index (χ0v) is 13.2. The van der Waals surface area contributed by atoms with E-state index >= 15 is 0 Å². The average Bonchev–Trinajstić information content (AvgIpc) is 3.29. The van der Waals surface area contributed by atoms with Crippen LogP contribution in [0.1, 0.15) is 31.7 Å². The van der Waals surface area contributed by atoms with Gasteiger partial charge < -0.3 is 15.8 Å². The molecule has 3 N–H and O–H groups in total. The molecule has 1 fully saturated rings. The summed E-state index contributed by atoms with van der Waals surface area (Å²) in [7, 11) is 0. The smallest absolute Gasteiger partial charge is 0.257 e. The third-order valence-corrected chi connectivity index (χ3v) is 4.06. The van der Waals surface area contributed by atoms with Gasteiger partial charge in [0.15, 0.2) is 6.61 Å². The van der Waals surface area contributed by atoms with Gasteiger partial charge >= 0.3 is 0 Å². The minimum Gasteiger partial charge on any atom is -0.483 e. The molecule has 2 rings (SSSR count). The largest absolute Gasteiger partial charge is 0.483 e. The standard InChI is InChI=1S/C16H23ClN2O2/c1-2-12(18)8-13-14(17)4-3-5-15(13)21-10-16(20)19-9-11-6-7-11/h3-5,11-12H,2,6-10,18H2,1H3,(H,19,20). The number of carbonyl (C=O) groups excluding carboxylic acids is 1. The van der Waals surface area contributed by atoms with E-state index < -0.39 is 0 Å². The van der Waals surface area contributed by atoms with Gasteiger partial charge in [0, 0.05) is 23.2 Å². The quantitative estimate of drug-likeness (QED) is 0.775. The lowest BCUT2D eigenvalue weighted by Crippen LogP contribution is -2.30. The molecule has 1 unspecified atom stereocenters. The first-order valence-corrected chi connectivity index (χ1v) is 7.90. The van der Waals surface area contributed by atoms with E-state index in [0.717, 1.165) is 18.5 Å². The Morgan fingerprint density at radius 3 is 2.95 bits per heavy atom. The van der Waals surface area contributed by atoms with E-state index in [2.05, 4.69) is 5.32 Å². The first kappa shape index (κ1) is 16.1. The van der Waals surface area contributed by atoms with Gasteiger partial charge in [0.25, 0.3) is 5.91 Å². The molecule has 1 saturated carbocycles. The van der Waals surface area contributed by atoms with Gasteiger partial charge in [-0.2, -0.15) is 0 Å². The van der Waals surface area contributed by atoms with Crippen molar-refractivity contribution < 1.29 is 9.53 Å². The highest BCUT2D eigenvalue weighted by atomic mass is 35.5. The fraction of sp³-hybridized carbons (Fsp3) is 0.562. The number of hydrogen-bond donors (Lipinski definition) is 2. The zero-order chi connectivity index (χ0) is 15.2. The van der Waals surface area contributed by atoms with Crippen LogP contribution < -0.4 is 15.8 Å². The molecule has 1 aromatic rings. The lowest BCUT2D eigenvalue weighted by atomic mass is 10.0. The molecular formula is C16H23ClN2O2. The molecule has 0 heterocycles. The van der Waals surface area contributed by atoms with Gasteiger partial charge in [-0.1, -0.05) is 24.6 Å². The third kappa shape index (κ3) is 5.21. The highest BCUT2D eigenvalue weighted by Crippen LogP contribution is 2.28. The normalized spacial score (nSPS) is 15.6. The summed E-state index contributed by atoms with van der Waals surface area (Å²) in [6.45, 7) is 2.81. The van der Waals surface area contributed by atoms with Gasteiger partial charge in [-0.3, -0.25) is 4.79 Å². The van der Waals surface area contributed by atoms with Gasteiger partial charge in [-0.05, 0) is 43.7 Å². The number of ether oxygens (including phenoxy) is 1. The van der Waals surface area contributed by atoms with Gasteiger partial charge in [-0.15, -0.1) is 0 Å². The molecule has 0 saturated heterocycles. The molecule has 1 amide bonds. The van der Waals surface area contributed by atoms with Gasteiger partial charge in [0.05, 0.1) is 0 Å². The molecule has 0 aromatic heterocycles. The summed E-state index contributed by atoms with van der Waals surface area (Å²) in [6.07, 6.45) is 3.95. The Morgan fingerprint density at radius 2 is 2.29 bits per heavy atom. The van der Waals surface area contributed by atoms with E-state index in [0.29, 0.717) is 23.1 Å². The minimum absolute atomic E-state index is 0.0153. The van der Waals surface area contributed by atoms with Crippen molar-refractivity contribution in [2.75, 3.05) is 13.2 Å². The number of hydrogen-bond acceptors (Lipinski definition) is 3. The first-order valence-electron chi connectivity index (χ1n) is 7.52. The summed E-state index contributed by atoms with van der Waals surface area (Å²) in [6, 6.07) is 5.51. The summed E-state index contributed by atoms with van der Waals surface area (Å²) in [5, 5.41) is 3.51. The molecule has 1 atom stereocenters. The van der Waals surface area contributed by atoms with Crippen molar-refractivity contribution in [3.63, 3.8) is 0 Å². The highest BCUT2D eigenvalue weighted by Gasteiger charge is 2.21. The van der Waals surface area contributed by atoms with E-state index in [1.54, 1.807) is 0 Å². The molecule has 1 aromatic carbocycles. The van der Waals surface area contributed by atoms with E-state index in [9.17, 15) is 4.79 Å². The van der Waals surface area contributed by atoms with Crippen molar-refractivity contribution in [3.05, 3.63) is 28.8 Å². The molecular weight excluding hydrogens is 288 g/mol. The Hall–Kier alpha value is -1.26. The summed E-state index contributed by atoms with van der Waals surface area (Å²) in [4.78, 5) is 11.7. The van der Waals surface area contributed by atoms with Crippen LogP contribution in [0.4, 0.5) is 0 Å². The predicted molar refractivity (Wildman–Crippen MR) is 84.7 cm³/mol. The number of halogens is 1. The number of amides is 1. The minimum atomic E-state index is -0.0902. The molecule has 0 bridgehead atoms. The average molecular weight is 311 g/mol. The maximum absolute atomic E-state index is 11.7. The topological polar surface area (TPSA) is 64.3 Å². The second-order valence-electron chi connectivity index (χ2n) is 5.63. The van der Waals surface area contributed by atoms with E-state index in [4.69, 9.17) is 22.1 Å². The van der Waals surface area contributed by atoms with Crippen LogP contribution in [-0.4, -0.2) is 25.1 Å². The van der Waals surface area contributed by atoms with Crippen molar-refractivity contribution in [1.29, 1.82) is 0 Å². The summed E-state index contributed by atoms with van der Waals surface area (Å²) >= 11 is 6.22. The van der Waals surface area contributed by atoms with Gasteiger partial charge in [0.2, 0.25) is 0 Å². The van der Waals surface area contributed by atoms with Crippen LogP contribution in [0.5, 0.6) is 5.75 Å². The Morgan fingerprint density at radius 1 is 1.52 bits per heavy atom. The van der Waals surface area contributed by atoms with Crippen molar-refractivity contribution in [1.82, 2.24) is 5.32 Å². The fourth-order valence-electron chi connectivity index (χ4n) is 2.05. The third-order valence-electron chi connectivity index (χ3n) is 3.71. The van der Waals surface area contributed by atoms with Crippen LogP contribution in [0.3, 0.4) is 0 Å². The van der Waals surface area contributed by atoms with Crippen molar-refractivity contribution in [2.45, 2.75) is 38.6 Å². The van der Waals surface area contributed by atoms with Crippen molar-refractivity contribution >= 4 is 17.5 Å². The van der Waals surface area contributed by atoms with E-state index in [1.165, 1.54) is 12.8 Å². The first-order chi connectivity index (χ1) is 10.1. The molecule has 5 heteroatoms. The predicted octanol–water partition coefficient (Wildman–Crippen LogP) is 2.52. The van der Waals surface area contributed by atoms with Crippen LogP contribution in [-0.2, 0) is 11.2 Å². The fourth-order valence-corrected chi connectivity index (χ4v) is 2.30. The zero-order valence-electron chi connectivity index (χ0n) is 12.4. The second kappa shape index (κ2) is 7.66. The molecule has 1 aliphatic carbocycles. The van der Waals surface area contributed by atoms with Crippen LogP contribution >= 0.6 is 11.6 Å². The molecule has 4 nitrogen and oxygen atoms in total. The number of rotatable bonds is 8. The highest BCUT2D eigenvalue weighted by molar-refractivity contribution is 6.31. The Bertz CT molecular complexity index is 489. The molecule has 0 radical (unpaired) electrons. The molecule has 116 valence electrons. The maximum atomic E-state index is 11.7. The second-order valence-corrected chi connectivity index (χ2v) is 6.03. The van der Waals surface area contributed by atoms with Crippen molar-refractivity contribution in [3.8, 4) is 5.75 Å². The lowest BCUT2D eigenvalue weighted by Gasteiger charge is -2.15. The molecule has 21 heavy (non-hydrogen) atoms.